The first-order valence-corrected chi connectivity index (χ1v) is 10.8. The molecule has 164 valence electrons. The Bertz CT molecular complexity index is 857. The van der Waals surface area contributed by atoms with Crippen molar-refractivity contribution in [3.8, 4) is 0 Å². The quantitative estimate of drug-likeness (QED) is 0.424. The summed E-state index contributed by atoms with van der Waals surface area (Å²) in [4.78, 5) is 25.4. The maximum Gasteiger partial charge on any atom is 0.331 e. The monoisotopic (exact) mass is 414 g/mol. The fraction of sp³-hybridized carbons (Fsp3) is 0.600. The van der Waals surface area contributed by atoms with E-state index in [-0.39, 0.29) is 29.5 Å². The van der Waals surface area contributed by atoms with Crippen LogP contribution in [0.1, 0.15) is 54.9 Å². The Morgan fingerprint density at radius 3 is 2.57 bits per heavy atom. The Balaban J connectivity index is 2.11. The summed E-state index contributed by atoms with van der Waals surface area (Å²) in [7, 11) is 0. The van der Waals surface area contributed by atoms with Gasteiger partial charge in [0.2, 0.25) is 5.79 Å². The number of aliphatic hydroxyl groups is 1. The summed E-state index contributed by atoms with van der Waals surface area (Å²) >= 11 is 0. The molecule has 6 unspecified atom stereocenters. The SMILES string of the molecule is CC(C)=CC(=O)OC1CC2C(C)=CC(=O)C(C(C)C)C2C=C(C)C2(O)C=CC1(C)O2. The molecule has 0 spiro atoms. The van der Waals surface area contributed by atoms with Crippen molar-refractivity contribution < 1.29 is 24.2 Å². The lowest BCUT2D eigenvalue weighted by atomic mass is 9.65. The van der Waals surface area contributed by atoms with Crippen molar-refractivity contribution in [2.75, 3.05) is 0 Å². The molecule has 3 aliphatic rings. The van der Waals surface area contributed by atoms with Crippen LogP contribution in [0.15, 0.2) is 47.1 Å². The standard InChI is InChI=1S/C25H34O5/c1-14(2)10-22(27)29-21-13-18-16(5)11-20(26)23(15(3)4)19(18)12-17(6)25(28)9-8-24(21,7)30-25/h8-12,15,18-19,21,23,28H,13H2,1-7H3. The first kappa shape index (κ1) is 22.7. The van der Waals surface area contributed by atoms with E-state index < -0.39 is 23.5 Å². The third-order valence-electron chi connectivity index (χ3n) is 6.68. The molecule has 5 heteroatoms. The molecule has 1 aliphatic carbocycles. The smallest absolute Gasteiger partial charge is 0.331 e. The van der Waals surface area contributed by atoms with Crippen molar-refractivity contribution in [3.63, 3.8) is 0 Å². The molecule has 0 saturated heterocycles. The summed E-state index contributed by atoms with van der Waals surface area (Å²) in [5.41, 5.74) is 1.51. The first-order valence-electron chi connectivity index (χ1n) is 10.8. The molecule has 0 fully saturated rings. The van der Waals surface area contributed by atoms with Crippen LogP contribution in [0.5, 0.6) is 0 Å². The molecule has 0 saturated carbocycles. The number of carbonyl (C=O) groups is 2. The molecule has 0 aromatic rings. The molecular weight excluding hydrogens is 380 g/mol. The van der Waals surface area contributed by atoms with E-state index in [1.165, 1.54) is 6.08 Å². The minimum Gasteiger partial charge on any atom is -0.456 e. The predicted molar refractivity (Wildman–Crippen MR) is 115 cm³/mol. The number of rotatable bonds is 3. The van der Waals surface area contributed by atoms with Gasteiger partial charge in [0.1, 0.15) is 11.7 Å². The maximum atomic E-state index is 12.9. The lowest BCUT2D eigenvalue weighted by Crippen LogP contribution is -2.47. The van der Waals surface area contributed by atoms with Crippen molar-refractivity contribution >= 4 is 11.8 Å². The van der Waals surface area contributed by atoms with Gasteiger partial charge in [-0.2, -0.15) is 0 Å². The van der Waals surface area contributed by atoms with Gasteiger partial charge in [-0.25, -0.2) is 4.79 Å². The molecule has 2 aliphatic heterocycles. The highest BCUT2D eigenvalue weighted by Gasteiger charge is 2.52. The van der Waals surface area contributed by atoms with Crippen molar-refractivity contribution in [3.05, 3.63) is 47.1 Å². The number of hydrogen-bond acceptors (Lipinski definition) is 5. The Kier molecular flexibility index (Phi) is 6.00. The molecule has 0 aromatic heterocycles. The van der Waals surface area contributed by atoms with Crippen molar-refractivity contribution in [2.45, 2.75) is 72.4 Å². The minimum atomic E-state index is -1.58. The van der Waals surface area contributed by atoms with E-state index >= 15 is 0 Å². The van der Waals surface area contributed by atoms with Crippen molar-refractivity contribution in [2.24, 2.45) is 23.7 Å². The number of ether oxygens (including phenoxy) is 2. The van der Waals surface area contributed by atoms with Crippen LogP contribution in [0, 0.1) is 23.7 Å². The van der Waals surface area contributed by atoms with E-state index in [4.69, 9.17) is 9.47 Å². The average Bonchev–Trinajstić information content (AvgIpc) is 2.93. The van der Waals surface area contributed by atoms with Gasteiger partial charge in [-0.1, -0.05) is 31.1 Å². The van der Waals surface area contributed by atoms with Crippen LogP contribution in [0.3, 0.4) is 0 Å². The molecule has 30 heavy (non-hydrogen) atoms. The fourth-order valence-corrected chi connectivity index (χ4v) is 5.02. The largest absolute Gasteiger partial charge is 0.456 e. The summed E-state index contributed by atoms with van der Waals surface area (Å²) in [6, 6.07) is 0. The summed E-state index contributed by atoms with van der Waals surface area (Å²) in [6.07, 6.45) is 8.52. The second-order valence-corrected chi connectivity index (χ2v) is 9.79. The second-order valence-electron chi connectivity index (χ2n) is 9.79. The number of fused-ring (bicyclic) bond motifs is 3. The molecular formula is C25H34O5. The molecule has 0 radical (unpaired) electrons. The third-order valence-corrected chi connectivity index (χ3v) is 6.68. The van der Waals surface area contributed by atoms with Gasteiger partial charge in [0.25, 0.3) is 0 Å². The van der Waals surface area contributed by atoms with E-state index in [1.54, 1.807) is 18.2 Å². The number of carbonyl (C=O) groups excluding carboxylic acids is 2. The van der Waals surface area contributed by atoms with Gasteiger partial charge in [-0.05, 0) is 82.6 Å². The molecule has 5 nitrogen and oxygen atoms in total. The number of esters is 1. The lowest BCUT2D eigenvalue weighted by Gasteiger charge is -2.40. The first-order chi connectivity index (χ1) is 13.9. The Morgan fingerprint density at radius 1 is 1.30 bits per heavy atom. The van der Waals surface area contributed by atoms with Gasteiger partial charge in [0.15, 0.2) is 5.78 Å². The number of ketones is 1. The Hall–Kier alpha value is -1.98. The zero-order valence-corrected chi connectivity index (χ0v) is 19.1. The lowest BCUT2D eigenvalue weighted by molar-refractivity contribution is -0.214. The summed E-state index contributed by atoms with van der Waals surface area (Å²) in [5, 5.41) is 11.2. The molecule has 0 aromatic carbocycles. The van der Waals surface area contributed by atoms with Gasteiger partial charge in [-0.3, -0.25) is 4.79 Å². The van der Waals surface area contributed by atoms with Crippen LogP contribution < -0.4 is 0 Å². The van der Waals surface area contributed by atoms with Gasteiger partial charge in [-0.15, -0.1) is 0 Å². The van der Waals surface area contributed by atoms with E-state index in [0.717, 1.165) is 11.1 Å². The van der Waals surface area contributed by atoms with Crippen LogP contribution in [0.4, 0.5) is 0 Å². The Morgan fingerprint density at radius 2 is 1.97 bits per heavy atom. The predicted octanol–water partition coefficient (Wildman–Crippen LogP) is 4.28. The van der Waals surface area contributed by atoms with E-state index in [2.05, 4.69) is 13.8 Å². The van der Waals surface area contributed by atoms with Crippen molar-refractivity contribution in [1.82, 2.24) is 0 Å². The molecule has 6 atom stereocenters. The topological polar surface area (TPSA) is 72.8 Å². The van der Waals surface area contributed by atoms with E-state index in [0.29, 0.717) is 12.0 Å². The van der Waals surface area contributed by atoms with Gasteiger partial charge in [0, 0.05) is 12.0 Å². The maximum absolute atomic E-state index is 12.9. The highest BCUT2D eigenvalue weighted by molar-refractivity contribution is 5.94. The zero-order valence-electron chi connectivity index (χ0n) is 19.1. The van der Waals surface area contributed by atoms with Crippen molar-refractivity contribution in [1.29, 1.82) is 0 Å². The average molecular weight is 415 g/mol. The van der Waals surface area contributed by atoms with Crippen LogP contribution >= 0.6 is 0 Å². The summed E-state index contributed by atoms with van der Waals surface area (Å²) in [6.45, 7) is 13.4. The minimum absolute atomic E-state index is 0.00586. The molecule has 3 rings (SSSR count). The van der Waals surface area contributed by atoms with E-state index in [9.17, 15) is 14.7 Å². The van der Waals surface area contributed by atoms with Crippen LogP contribution in [-0.2, 0) is 19.1 Å². The second kappa shape index (κ2) is 7.93. The summed E-state index contributed by atoms with van der Waals surface area (Å²) < 4.78 is 12.0. The normalized spacial score (nSPS) is 38.1. The van der Waals surface area contributed by atoms with Gasteiger partial charge >= 0.3 is 5.97 Å². The van der Waals surface area contributed by atoms with Gasteiger partial charge in [0.05, 0.1) is 0 Å². The fourth-order valence-electron chi connectivity index (χ4n) is 5.02. The number of hydrogen-bond donors (Lipinski definition) is 1. The molecule has 1 N–H and O–H groups in total. The van der Waals surface area contributed by atoms with Gasteiger partial charge < -0.3 is 14.6 Å². The number of allylic oxidation sites excluding steroid dienone is 4. The Labute approximate surface area is 179 Å². The van der Waals surface area contributed by atoms with E-state index in [1.807, 2.05) is 40.7 Å². The molecule has 2 bridgehead atoms. The van der Waals surface area contributed by atoms with Crippen LogP contribution in [0.25, 0.3) is 0 Å². The molecule has 0 amide bonds. The van der Waals surface area contributed by atoms with Crippen LogP contribution in [-0.4, -0.2) is 34.4 Å². The zero-order chi connectivity index (χ0) is 22.4. The highest BCUT2D eigenvalue weighted by Crippen LogP contribution is 2.47. The highest BCUT2D eigenvalue weighted by atomic mass is 16.7. The summed E-state index contributed by atoms with van der Waals surface area (Å²) in [5.74, 6) is -2.04. The van der Waals surface area contributed by atoms with Crippen LogP contribution in [0.2, 0.25) is 0 Å². The molecule has 2 heterocycles. The third kappa shape index (κ3) is 4.10.